The number of nitrogens with one attached hydrogen (secondary N) is 1. The van der Waals surface area contributed by atoms with Gasteiger partial charge in [0.2, 0.25) is 0 Å². The van der Waals surface area contributed by atoms with Crippen molar-refractivity contribution in [1.82, 2.24) is 14.6 Å². The van der Waals surface area contributed by atoms with Gasteiger partial charge in [-0.2, -0.15) is 0 Å². The molecule has 0 aliphatic carbocycles. The first-order valence-corrected chi connectivity index (χ1v) is 6.23. The Hall–Kier alpha value is -2.64. The molecule has 0 aliphatic rings. The van der Waals surface area contributed by atoms with Crippen molar-refractivity contribution in [2.45, 2.75) is 26.4 Å². The summed E-state index contributed by atoms with van der Waals surface area (Å²) in [6.45, 7) is 5.21. The van der Waals surface area contributed by atoms with Crippen LogP contribution in [0.1, 0.15) is 31.1 Å². The second kappa shape index (κ2) is 5.39. The maximum Gasteiger partial charge on any atom is 0.413 e. The molecule has 0 saturated carbocycles. The third-order valence-electron chi connectivity index (χ3n) is 2.40. The molecule has 0 radical (unpaired) electrons. The zero-order valence-corrected chi connectivity index (χ0v) is 12.2. The molecule has 112 valence electrons. The van der Waals surface area contributed by atoms with Crippen molar-refractivity contribution in [3.63, 3.8) is 0 Å². The highest BCUT2D eigenvalue weighted by atomic mass is 16.6. The molecule has 0 atom stereocenters. The number of nitrogens with zero attached hydrogens (tertiary/aromatic N) is 3. The Bertz CT molecular complexity index is 687. The first-order valence-electron chi connectivity index (χ1n) is 6.23. The summed E-state index contributed by atoms with van der Waals surface area (Å²) in [5, 5.41) is 6.53. The quantitative estimate of drug-likeness (QED) is 0.849. The number of esters is 1. The fourth-order valence-corrected chi connectivity index (χ4v) is 1.66. The Balaban J connectivity index is 2.39. The third kappa shape index (κ3) is 3.28. The molecule has 0 aliphatic heterocycles. The van der Waals surface area contributed by atoms with Crippen molar-refractivity contribution < 1.29 is 19.1 Å². The van der Waals surface area contributed by atoms with Crippen LogP contribution >= 0.6 is 0 Å². The van der Waals surface area contributed by atoms with Gasteiger partial charge in [0, 0.05) is 12.4 Å². The molecule has 1 N–H and O–H groups in total. The molecule has 0 unspecified atom stereocenters. The molecule has 2 aromatic heterocycles. The topological polar surface area (TPSA) is 94.8 Å². The molecule has 0 aromatic carbocycles. The molecular weight excluding hydrogens is 276 g/mol. The number of aromatic nitrogens is 3. The Kier molecular flexibility index (Phi) is 3.79. The molecular formula is C13H16N4O4. The smallest absolute Gasteiger partial charge is 0.413 e. The summed E-state index contributed by atoms with van der Waals surface area (Å²) >= 11 is 0. The van der Waals surface area contributed by atoms with E-state index in [0.717, 1.165) is 0 Å². The van der Waals surface area contributed by atoms with Crippen LogP contribution in [0.25, 0.3) is 5.65 Å². The van der Waals surface area contributed by atoms with Crippen LogP contribution in [-0.2, 0) is 9.47 Å². The van der Waals surface area contributed by atoms with Crippen molar-refractivity contribution in [2.24, 2.45) is 0 Å². The van der Waals surface area contributed by atoms with Gasteiger partial charge >= 0.3 is 12.1 Å². The maximum atomic E-state index is 11.9. The highest BCUT2D eigenvalue weighted by molar-refractivity contribution is 6.03. The molecule has 2 rings (SSSR count). The van der Waals surface area contributed by atoms with Crippen LogP contribution in [0.4, 0.5) is 10.6 Å². The Morgan fingerprint density at radius 1 is 1.33 bits per heavy atom. The zero-order valence-electron chi connectivity index (χ0n) is 12.2. The molecule has 2 heterocycles. The van der Waals surface area contributed by atoms with Gasteiger partial charge in [-0.3, -0.25) is 5.32 Å². The first-order chi connectivity index (χ1) is 9.81. The Morgan fingerprint density at radius 3 is 2.67 bits per heavy atom. The number of rotatable bonds is 2. The van der Waals surface area contributed by atoms with E-state index in [4.69, 9.17) is 9.47 Å². The molecule has 0 bridgehead atoms. The minimum absolute atomic E-state index is 0.0369. The van der Waals surface area contributed by atoms with Crippen LogP contribution < -0.4 is 5.32 Å². The number of ether oxygens (including phenoxy) is 2. The summed E-state index contributed by atoms with van der Waals surface area (Å²) in [4.78, 5) is 27.7. The van der Waals surface area contributed by atoms with Crippen molar-refractivity contribution in [1.29, 1.82) is 0 Å². The molecule has 8 heteroatoms. The molecule has 0 fully saturated rings. The lowest BCUT2D eigenvalue weighted by Gasteiger charge is -2.19. The lowest BCUT2D eigenvalue weighted by molar-refractivity contribution is 0.0604. The number of methoxy groups -OCH3 is 1. The number of anilines is 1. The van der Waals surface area contributed by atoms with Gasteiger partial charge in [0.25, 0.3) is 0 Å². The average molecular weight is 292 g/mol. The number of carbonyl (C=O) groups excluding carboxylic acids is 2. The van der Waals surface area contributed by atoms with E-state index in [1.807, 2.05) is 0 Å². The van der Waals surface area contributed by atoms with Gasteiger partial charge in [-0.1, -0.05) is 0 Å². The molecule has 1 amide bonds. The van der Waals surface area contributed by atoms with Crippen molar-refractivity contribution in [3.8, 4) is 0 Å². The number of hydrogen-bond acceptors (Lipinski definition) is 6. The van der Waals surface area contributed by atoms with E-state index < -0.39 is 17.7 Å². The van der Waals surface area contributed by atoms with Crippen LogP contribution in [0.3, 0.4) is 0 Å². The average Bonchev–Trinajstić information content (AvgIpc) is 2.73. The maximum absolute atomic E-state index is 11.9. The minimum atomic E-state index is -0.712. The van der Waals surface area contributed by atoms with Gasteiger partial charge in [-0.05, 0) is 26.8 Å². The minimum Gasteiger partial charge on any atom is -0.465 e. The highest BCUT2D eigenvalue weighted by Gasteiger charge is 2.25. The van der Waals surface area contributed by atoms with Crippen molar-refractivity contribution in [3.05, 3.63) is 24.0 Å². The van der Waals surface area contributed by atoms with Gasteiger partial charge in [-0.15, -0.1) is 5.10 Å². The molecule has 8 nitrogen and oxygen atoms in total. The summed E-state index contributed by atoms with van der Waals surface area (Å²) in [7, 11) is 1.24. The van der Waals surface area contributed by atoms with Gasteiger partial charge in [0.15, 0.2) is 11.5 Å². The fraction of sp³-hybridized carbons (Fsp3) is 0.385. The van der Waals surface area contributed by atoms with Crippen LogP contribution in [0.2, 0.25) is 0 Å². The van der Waals surface area contributed by atoms with Crippen LogP contribution in [0.15, 0.2) is 18.5 Å². The van der Waals surface area contributed by atoms with Gasteiger partial charge in [0.1, 0.15) is 11.2 Å². The van der Waals surface area contributed by atoms with Crippen LogP contribution in [0.5, 0.6) is 0 Å². The number of carbonyl (C=O) groups is 2. The number of amides is 1. The zero-order chi connectivity index (χ0) is 15.6. The predicted molar refractivity (Wildman–Crippen MR) is 74.2 cm³/mol. The molecule has 0 spiro atoms. The van der Waals surface area contributed by atoms with E-state index in [1.54, 1.807) is 33.0 Å². The lowest BCUT2D eigenvalue weighted by atomic mass is 10.2. The van der Waals surface area contributed by atoms with Crippen molar-refractivity contribution >= 4 is 23.5 Å². The lowest BCUT2D eigenvalue weighted by Crippen LogP contribution is -2.27. The summed E-state index contributed by atoms with van der Waals surface area (Å²) in [5.74, 6) is -0.607. The van der Waals surface area contributed by atoms with Crippen LogP contribution in [-0.4, -0.2) is 39.4 Å². The molecule has 2 aromatic rings. The Labute approximate surface area is 121 Å². The van der Waals surface area contributed by atoms with E-state index in [2.05, 4.69) is 15.4 Å². The van der Waals surface area contributed by atoms with E-state index in [-0.39, 0.29) is 17.0 Å². The van der Waals surface area contributed by atoms with E-state index in [0.29, 0.717) is 0 Å². The molecule has 0 saturated heterocycles. The van der Waals surface area contributed by atoms with Crippen molar-refractivity contribution in [2.75, 3.05) is 12.4 Å². The summed E-state index contributed by atoms with van der Waals surface area (Å²) < 4.78 is 11.2. The SMILES string of the molecule is COC(=O)c1c(NC(=O)OC(C)(C)C)nn2cccnc12. The largest absolute Gasteiger partial charge is 0.465 e. The second-order valence-electron chi connectivity index (χ2n) is 5.23. The van der Waals surface area contributed by atoms with Gasteiger partial charge in [0.05, 0.1) is 7.11 Å². The summed E-state index contributed by atoms with van der Waals surface area (Å²) in [5.41, 5.74) is -0.299. The van der Waals surface area contributed by atoms with Gasteiger partial charge < -0.3 is 9.47 Å². The second-order valence-corrected chi connectivity index (χ2v) is 5.23. The number of hydrogen-bond donors (Lipinski definition) is 1. The van der Waals surface area contributed by atoms with E-state index in [1.165, 1.54) is 17.8 Å². The predicted octanol–water partition coefficient (Wildman–Crippen LogP) is 1.86. The summed E-state index contributed by atoms with van der Waals surface area (Å²) in [6, 6.07) is 1.65. The monoisotopic (exact) mass is 292 g/mol. The van der Waals surface area contributed by atoms with E-state index >= 15 is 0 Å². The molecule has 21 heavy (non-hydrogen) atoms. The first kappa shape index (κ1) is 14.8. The standard InChI is InChI=1S/C13H16N4O4/c1-13(2,3)21-12(19)15-9-8(11(18)20-4)10-14-6-5-7-17(10)16-9/h5-7H,1-4H3,(H,15,16,19). The van der Waals surface area contributed by atoms with Crippen LogP contribution in [0, 0.1) is 0 Å². The summed E-state index contributed by atoms with van der Waals surface area (Å²) in [6.07, 6.45) is 2.41. The third-order valence-corrected chi connectivity index (χ3v) is 2.40. The Morgan fingerprint density at radius 2 is 2.05 bits per heavy atom. The highest BCUT2D eigenvalue weighted by Crippen LogP contribution is 2.20. The fourth-order valence-electron chi connectivity index (χ4n) is 1.66. The van der Waals surface area contributed by atoms with E-state index in [9.17, 15) is 9.59 Å². The van der Waals surface area contributed by atoms with Gasteiger partial charge in [-0.25, -0.2) is 19.1 Å². The number of fused-ring (bicyclic) bond motifs is 1. The normalized spacial score (nSPS) is 11.2.